The maximum atomic E-state index is 6.95. The monoisotopic (exact) mass is 279 g/mol. The van der Waals surface area contributed by atoms with E-state index in [1.165, 1.54) is 51.4 Å². The van der Waals surface area contributed by atoms with Crippen molar-refractivity contribution in [3.63, 3.8) is 0 Å². The van der Waals surface area contributed by atoms with Gasteiger partial charge in [-0.3, -0.25) is 0 Å². The lowest BCUT2D eigenvalue weighted by molar-refractivity contribution is 0.117. The zero-order chi connectivity index (χ0) is 15.0. The van der Waals surface area contributed by atoms with Gasteiger partial charge in [0.1, 0.15) is 0 Å². The van der Waals surface area contributed by atoms with Crippen LogP contribution in [0.25, 0.3) is 0 Å². The van der Waals surface area contributed by atoms with Gasteiger partial charge in [-0.2, -0.15) is 0 Å². The van der Waals surface area contributed by atoms with E-state index in [0.29, 0.717) is 5.41 Å². The van der Waals surface area contributed by atoms with E-state index in [-0.39, 0.29) is 5.54 Å². The van der Waals surface area contributed by atoms with Crippen LogP contribution in [0.4, 0.5) is 0 Å². The summed E-state index contributed by atoms with van der Waals surface area (Å²) in [5, 5.41) is 0. The fourth-order valence-corrected chi connectivity index (χ4v) is 4.73. The van der Waals surface area contributed by atoms with Crippen molar-refractivity contribution in [2.24, 2.45) is 34.8 Å². The van der Waals surface area contributed by atoms with Gasteiger partial charge < -0.3 is 5.73 Å². The normalized spacial score (nSPS) is 44.1. The van der Waals surface area contributed by atoms with Crippen LogP contribution in [0.3, 0.4) is 0 Å². The van der Waals surface area contributed by atoms with Gasteiger partial charge in [-0.1, -0.05) is 47.5 Å². The highest BCUT2D eigenvalue weighted by Gasteiger charge is 2.41. The Bertz CT molecular complexity index is 316. The highest BCUT2D eigenvalue weighted by molar-refractivity contribution is 4.97. The summed E-state index contributed by atoms with van der Waals surface area (Å²) in [5.41, 5.74) is 7.55. The molecule has 20 heavy (non-hydrogen) atoms. The molecule has 1 heteroatoms. The lowest BCUT2D eigenvalue weighted by atomic mass is 9.66. The van der Waals surface area contributed by atoms with Crippen LogP contribution in [0.1, 0.15) is 86.0 Å². The molecule has 2 N–H and O–H groups in total. The van der Waals surface area contributed by atoms with Gasteiger partial charge in [-0.25, -0.2) is 0 Å². The predicted octanol–water partition coefficient (Wildman–Crippen LogP) is 5.38. The van der Waals surface area contributed by atoms with Crippen molar-refractivity contribution in [3.05, 3.63) is 0 Å². The van der Waals surface area contributed by atoms with Crippen LogP contribution in [0.5, 0.6) is 0 Å². The third-order valence-corrected chi connectivity index (χ3v) is 6.79. The first-order chi connectivity index (χ1) is 9.22. The zero-order valence-electron chi connectivity index (χ0n) is 14.5. The maximum Gasteiger partial charge on any atom is 0.0183 e. The number of hydrogen-bond acceptors (Lipinski definition) is 1. The summed E-state index contributed by atoms with van der Waals surface area (Å²) in [6, 6.07) is 0. The molecular weight excluding hydrogens is 242 g/mol. The first-order valence-electron chi connectivity index (χ1n) is 9.01. The Morgan fingerprint density at radius 1 is 0.900 bits per heavy atom. The van der Waals surface area contributed by atoms with Crippen molar-refractivity contribution >= 4 is 0 Å². The van der Waals surface area contributed by atoms with Gasteiger partial charge >= 0.3 is 0 Å². The molecule has 2 rings (SSSR count). The summed E-state index contributed by atoms with van der Waals surface area (Å²) < 4.78 is 0. The van der Waals surface area contributed by atoms with Crippen LogP contribution in [-0.4, -0.2) is 5.54 Å². The fraction of sp³-hybridized carbons (Fsp3) is 1.00. The van der Waals surface area contributed by atoms with Crippen LogP contribution < -0.4 is 5.73 Å². The van der Waals surface area contributed by atoms with Crippen LogP contribution in [0, 0.1) is 29.1 Å². The van der Waals surface area contributed by atoms with Crippen LogP contribution in [0.15, 0.2) is 0 Å². The standard InChI is InChI=1S/C19H37N/c1-14-8-9-17(13-15(14)2)19(20)11-6-7-16(10-12-19)18(3,4)5/h14-17H,6-13,20H2,1-5H3. The molecule has 2 fully saturated rings. The summed E-state index contributed by atoms with van der Waals surface area (Å²) >= 11 is 0. The fourth-order valence-electron chi connectivity index (χ4n) is 4.73. The van der Waals surface area contributed by atoms with Crippen LogP contribution in [-0.2, 0) is 0 Å². The molecule has 0 radical (unpaired) electrons. The molecule has 2 aliphatic rings. The molecule has 5 atom stereocenters. The molecule has 0 spiro atoms. The van der Waals surface area contributed by atoms with E-state index in [1.54, 1.807) is 0 Å². The van der Waals surface area contributed by atoms with Crippen molar-refractivity contribution in [1.82, 2.24) is 0 Å². The highest BCUT2D eigenvalue weighted by atomic mass is 14.8. The molecule has 0 bridgehead atoms. The molecule has 2 aliphatic carbocycles. The van der Waals surface area contributed by atoms with E-state index < -0.39 is 0 Å². The topological polar surface area (TPSA) is 26.0 Å². The minimum absolute atomic E-state index is 0.147. The van der Waals surface area contributed by atoms with Crippen molar-refractivity contribution in [2.75, 3.05) is 0 Å². The Labute approximate surface area is 127 Å². The van der Waals surface area contributed by atoms with Crippen molar-refractivity contribution < 1.29 is 0 Å². The first kappa shape index (κ1) is 16.3. The molecule has 0 amide bonds. The van der Waals surface area contributed by atoms with E-state index >= 15 is 0 Å². The first-order valence-corrected chi connectivity index (χ1v) is 9.01. The molecule has 0 saturated heterocycles. The van der Waals surface area contributed by atoms with E-state index in [9.17, 15) is 0 Å². The molecular formula is C19H37N. The lowest BCUT2D eigenvalue weighted by Crippen LogP contribution is -2.49. The second-order valence-corrected chi connectivity index (χ2v) is 9.19. The Balaban J connectivity index is 2.00. The van der Waals surface area contributed by atoms with Gasteiger partial charge in [-0.05, 0) is 67.6 Å². The second-order valence-electron chi connectivity index (χ2n) is 9.19. The van der Waals surface area contributed by atoms with Crippen LogP contribution >= 0.6 is 0 Å². The average molecular weight is 280 g/mol. The van der Waals surface area contributed by atoms with Gasteiger partial charge in [0, 0.05) is 5.54 Å². The van der Waals surface area contributed by atoms with Crippen molar-refractivity contribution in [3.8, 4) is 0 Å². The molecule has 0 aromatic heterocycles. The Hall–Kier alpha value is -0.0400. The molecule has 1 nitrogen and oxygen atoms in total. The number of hydrogen-bond donors (Lipinski definition) is 1. The Morgan fingerprint density at radius 2 is 1.60 bits per heavy atom. The summed E-state index contributed by atoms with van der Waals surface area (Å²) in [6.45, 7) is 12.1. The Kier molecular flexibility index (Phi) is 4.89. The lowest BCUT2D eigenvalue weighted by Gasteiger charge is -2.43. The Morgan fingerprint density at radius 3 is 2.20 bits per heavy atom. The van der Waals surface area contributed by atoms with Gasteiger partial charge in [-0.15, -0.1) is 0 Å². The number of rotatable bonds is 1. The highest BCUT2D eigenvalue weighted by Crippen LogP contribution is 2.46. The molecule has 2 saturated carbocycles. The minimum atomic E-state index is 0.147. The molecule has 118 valence electrons. The minimum Gasteiger partial charge on any atom is -0.325 e. The molecule has 0 heterocycles. The van der Waals surface area contributed by atoms with Crippen molar-refractivity contribution in [2.45, 2.75) is 91.5 Å². The van der Waals surface area contributed by atoms with Gasteiger partial charge in [0.25, 0.3) is 0 Å². The largest absolute Gasteiger partial charge is 0.325 e. The summed E-state index contributed by atoms with van der Waals surface area (Å²) in [7, 11) is 0. The summed E-state index contributed by atoms with van der Waals surface area (Å²) in [4.78, 5) is 0. The number of nitrogens with two attached hydrogens (primary N) is 1. The van der Waals surface area contributed by atoms with E-state index in [2.05, 4.69) is 34.6 Å². The SMILES string of the molecule is CC1CCC(C2(N)CCCC(C(C)(C)C)CC2)CC1C. The van der Waals surface area contributed by atoms with E-state index in [0.717, 1.165) is 23.7 Å². The molecule has 5 unspecified atom stereocenters. The van der Waals surface area contributed by atoms with Gasteiger partial charge in [0.2, 0.25) is 0 Å². The smallest absolute Gasteiger partial charge is 0.0183 e. The summed E-state index contributed by atoms with van der Waals surface area (Å²) in [6.07, 6.45) is 10.8. The van der Waals surface area contributed by atoms with Gasteiger partial charge in [0.05, 0.1) is 0 Å². The summed E-state index contributed by atoms with van der Waals surface area (Å²) in [5.74, 6) is 3.43. The van der Waals surface area contributed by atoms with Gasteiger partial charge in [0.15, 0.2) is 0 Å². The second kappa shape index (κ2) is 5.99. The molecule has 0 aromatic rings. The third-order valence-electron chi connectivity index (χ3n) is 6.79. The van der Waals surface area contributed by atoms with E-state index in [1.807, 2.05) is 0 Å². The quantitative estimate of drug-likeness (QED) is 0.640. The third kappa shape index (κ3) is 3.59. The molecule has 0 aromatic carbocycles. The molecule has 0 aliphatic heterocycles. The maximum absolute atomic E-state index is 6.95. The van der Waals surface area contributed by atoms with Crippen molar-refractivity contribution in [1.29, 1.82) is 0 Å². The van der Waals surface area contributed by atoms with E-state index in [4.69, 9.17) is 5.73 Å². The predicted molar refractivity (Wildman–Crippen MR) is 88.6 cm³/mol. The zero-order valence-corrected chi connectivity index (χ0v) is 14.5. The van der Waals surface area contributed by atoms with Crippen LogP contribution in [0.2, 0.25) is 0 Å². The average Bonchev–Trinajstić information content (AvgIpc) is 2.55.